The van der Waals surface area contributed by atoms with E-state index in [1.807, 2.05) is 0 Å². The Bertz CT molecular complexity index is 136. The average Bonchev–Trinajstić information content (AvgIpc) is 2.67. The summed E-state index contributed by atoms with van der Waals surface area (Å²) in [5.41, 5.74) is 0. The second-order valence-corrected chi connectivity index (χ2v) is 4.95. The van der Waals surface area contributed by atoms with Gasteiger partial charge in [-0.05, 0) is 19.8 Å². The van der Waals surface area contributed by atoms with Gasteiger partial charge in [-0.1, -0.05) is 26.2 Å². The highest BCUT2D eigenvalue weighted by Crippen LogP contribution is 2.20. The lowest BCUT2D eigenvalue weighted by atomic mass is 10.1. The Kier molecular flexibility index (Phi) is 5.54. The Morgan fingerprint density at radius 1 is 0.857 bits per heavy atom. The fourth-order valence-corrected chi connectivity index (χ4v) is 2.75. The molecule has 1 fully saturated rings. The Morgan fingerprint density at radius 3 is 2.07 bits per heavy atom. The van der Waals surface area contributed by atoms with Crippen LogP contribution in [0.4, 0.5) is 0 Å². The van der Waals surface area contributed by atoms with Crippen molar-refractivity contribution in [2.75, 3.05) is 26.2 Å². The fraction of sp³-hybridized carbons (Fsp3) is 1.00. The van der Waals surface area contributed by atoms with Crippen LogP contribution in [0.2, 0.25) is 0 Å². The van der Waals surface area contributed by atoms with Gasteiger partial charge in [0.2, 0.25) is 0 Å². The van der Waals surface area contributed by atoms with Crippen LogP contribution in [0.15, 0.2) is 0 Å². The fourth-order valence-electron chi connectivity index (χ4n) is 2.75. The van der Waals surface area contributed by atoms with Gasteiger partial charge >= 0.3 is 0 Å². The highest BCUT2D eigenvalue weighted by Gasteiger charge is 2.28. The average molecular weight is 198 g/mol. The van der Waals surface area contributed by atoms with Gasteiger partial charge in [-0.25, -0.2) is 0 Å². The first kappa shape index (κ1) is 12.0. The molecule has 1 heterocycles. The molecule has 1 aliphatic heterocycles. The van der Waals surface area contributed by atoms with Crippen molar-refractivity contribution in [1.82, 2.24) is 0 Å². The molecule has 1 heteroatoms. The zero-order chi connectivity index (χ0) is 10.3. The Morgan fingerprint density at radius 2 is 1.50 bits per heavy atom. The van der Waals surface area contributed by atoms with Crippen molar-refractivity contribution in [2.45, 2.75) is 58.8 Å². The Balaban J connectivity index is 2.08. The molecule has 84 valence electrons. The van der Waals surface area contributed by atoms with E-state index >= 15 is 0 Å². The van der Waals surface area contributed by atoms with Gasteiger partial charge in [0, 0.05) is 12.8 Å². The number of quaternary nitrogens is 1. The smallest absolute Gasteiger partial charge is 0.0788 e. The summed E-state index contributed by atoms with van der Waals surface area (Å²) in [6.45, 7) is 10.4. The number of hydrogen-bond acceptors (Lipinski definition) is 0. The molecule has 1 saturated heterocycles. The summed E-state index contributed by atoms with van der Waals surface area (Å²) < 4.78 is 1.44. The van der Waals surface area contributed by atoms with Gasteiger partial charge in [-0.3, -0.25) is 0 Å². The van der Waals surface area contributed by atoms with Crippen molar-refractivity contribution in [2.24, 2.45) is 0 Å². The molecule has 0 aromatic heterocycles. The van der Waals surface area contributed by atoms with E-state index in [0.29, 0.717) is 0 Å². The molecule has 0 amide bonds. The summed E-state index contributed by atoms with van der Waals surface area (Å²) in [7, 11) is 0. The third kappa shape index (κ3) is 3.61. The predicted molar refractivity (Wildman–Crippen MR) is 63.4 cm³/mol. The van der Waals surface area contributed by atoms with Crippen molar-refractivity contribution in [3.63, 3.8) is 0 Å². The normalized spacial score (nSPS) is 20.1. The molecule has 0 bridgehead atoms. The van der Waals surface area contributed by atoms with Crippen molar-refractivity contribution >= 4 is 0 Å². The van der Waals surface area contributed by atoms with Gasteiger partial charge in [0.25, 0.3) is 0 Å². The van der Waals surface area contributed by atoms with Crippen molar-refractivity contribution in [1.29, 1.82) is 0 Å². The van der Waals surface area contributed by atoms with Crippen LogP contribution in [0, 0.1) is 0 Å². The zero-order valence-corrected chi connectivity index (χ0v) is 10.2. The maximum Gasteiger partial charge on any atom is 0.0788 e. The standard InChI is InChI=1S/C13H28N/c1-3-5-6-7-8-11-14(4-2)12-9-10-13-14/h3-13H2,1-2H3/q+1. The molecule has 0 aromatic carbocycles. The maximum absolute atomic E-state index is 2.37. The first-order valence-corrected chi connectivity index (χ1v) is 6.68. The van der Waals surface area contributed by atoms with Crippen LogP contribution >= 0.6 is 0 Å². The molecule has 1 nitrogen and oxygen atoms in total. The van der Waals surface area contributed by atoms with E-state index in [1.54, 1.807) is 0 Å². The van der Waals surface area contributed by atoms with Crippen molar-refractivity contribution in [3.05, 3.63) is 0 Å². The van der Waals surface area contributed by atoms with Gasteiger partial charge in [0.1, 0.15) is 0 Å². The van der Waals surface area contributed by atoms with Crippen LogP contribution in [0.1, 0.15) is 58.8 Å². The van der Waals surface area contributed by atoms with Gasteiger partial charge < -0.3 is 4.48 Å². The molecule has 1 aliphatic rings. The number of rotatable bonds is 7. The van der Waals surface area contributed by atoms with E-state index in [1.165, 1.54) is 75.6 Å². The van der Waals surface area contributed by atoms with E-state index in [9.17, 15) is 0 Å². The van der Waals surface area contributed by atoms with Gasteiger partial charge in [0.15, 0.2) is 0 Å². The van der Waals surface area contributed by atoms with E-state index in [4.69, 9.17) is 0 Å². The second kappa shape index (κ2) is 6.44. The highest BCUT2D eigenvalue weighted by atomic mass is 15.4. The minimum Gasteiger partial charge on any atom is -0.324 e. The second-order valence-electron chi connectivity index (χ2n) is 4.95. The quantitative estimate of drug-likeness (QED) is 0.433. The van der Waals surface area contributed by atoms with E-state index in [-0.39, 0.29) is 0 Å². The molecule has 14 heavy (non-hydrogen) atoms. The zero-order valence-electron chi connectivity index (χ0n) is 10.2. The third-order valence-corrected chi connectivity index (χ3v) is 3.92. The lowest BCUT2D eigenvalue weighted by Gasteiger charge is -2.33. The van der Waals surface area contributed by atoms with E-state index < -0.39 is 0 Å². The highest BCUT2D eigenvalue weighted by molar-refractivity contribution is 4.54. The van der Waals surface area contributed by atoms with E-state index in [2.05, 4.69) is 13.8 Å². The molecule has 0 spiro atoms. The summed E-state index contributed by atoms with van der Waals surface area (Å²) in [5, 5.41) is 0. The Labute approximate surface area is 90.1 Å². The molecule has 1 rings (SSSR count). The van der Waals surface area contributed by atoms with E-state index in [0.717, 1.165) is 0 Å². The summed E-state index contributed by atoms with van der Waals surface area (Å²) in [4.78, 5) is 0. The number of unbranched alkanes of at least 4 members (excludes halogenated alkanes) is 4. The third-order valence-electron chi connectivity index (χ3n) is 3.92. The van der Waals surface area contributed by atoms with Crippen LogP contribution in [-0.4, -0.2) is 30.7 Å². The predicted octanol–water partition coefficient (Wildman–Crippen LogP) is 3.59. The topological polar surface area (TPSA) is 0 Å². The van der Waals surface area contributed by atoms with Crippen molar-refractivity contribution < 1.29 is 4.48 Å². The van der Waals surface area contributed by atoms with Gasteiger partial charge in [0.05, 0.1) is 26.2 Å². The lowest BCUT2D eigenvalue weighted by Crippen LogP contribution is -2.45. The summed E-state index contributed by atoms with van der Waals surface area (Å²) >= 11 is 0. The molecular weight excluding hydrogens is 170 g/mol. The molecule has 0 N–H and O–H groups in total. The molecule has 0 aromatic rings. The SMILES string of the molecule is CCCCCCC[N+]1(CC)CCCC1. The summed E-state index contributed by atoms with van der Waals surface area (Å²) in [6, 6.07) is 0. The molecule has 0 aliphatic carbocycles. The Hall–Kier alpha value is -0.0400. The lowest BCUT2D eigenvalue weighted by molar-refractivity contribution is -0.915. The molecule has 0 saturated carbocycles. The largest absolute Gasteiger partial charge is 0.324 e. The molecule has 0 radical (unpaired) electrons. The first-order chi connectivity index (χ1) is 6.83. The monoisotopic (exact) mass is 198 g/mol. The van der Waals surface area contributed by atoms with Crippen molar-refractivity contribution in [3.8, 4) is 0 Å². The minimum absolute atomic E-state index is 1.37. The van der Waals surface area contributed by atoms with Gasteiger partial charge in [-0.2, -0.15) is 0 Å². The molecular formula is C13H28N+. The number of likely N-dealkylation sites (tertiary alicyclic amines) is 1. The van der Waals surface area contributed by atoms with Crippen LogP contribution in [-0.2, 0) is 0 Å². The first-order valence-electron chi connectivity index (χ1n) is 6.68. The molecule has 0 unspecified atom stereocenters. The number of nitrogens with zero attached hydrogens (tertiary/aromatic N) is 1. The van der Waals surface area contributed by atoms with Crippen LogP contribution in [0.5, 0.6) is 0 Å². The van der Waals surface area contributed by atoms with Gasteiger partial charge in [-0.15, -0.1) is 0 Å². The molecule has 0 atom stereocenters. The van der Waals surface area contributed by atoms with Crippen LogP contribution < -0.4 is 0 Å². The van der Waals surface area contributed by atoms with Crippen LogP contribution in [0.25, 0.3) is 0 Å². The number of hydrogen-bond donors (Lipinski definition) is 0. The van der Waals surface area contributed by atoms with Crippen LogP contribution in [0.3, 0.4) is 0 Å². The maximum atomic E-state index is 2.37. The summed E-state index contributed by atoms with van der Waals surface area (Å²) in [5.74, 6) is 0. The minimum atomic E-state index is 1.37. The summed E-state index contributed by atoms with van der Waals surface area (Å²) in [6.07, 6.45) is 10.1.